The Kier molecular flexibility index (Phi) is 6.36. The van der Waals surface area contributed by atoms with Crippen LogP contribution in [0.5, 0.6) is 0 Å². The molecule has 1 unspecified atom stereocenters. The summed E-state index contributed by atoms with van der Waals surface area (Å²) in [6.07, 6.45) is 0.404. The van der Waals surface area contributed by atoms with Crippen LogP contribution in [-0.2, 0) is 14.3 Å². The molecule has 0 radical (unpaired) electrons. The third-order valence-corrected chi connectivity index (χ3v) is 1.96. The zero-order valence-corrected chi connectivity index (χ0v) is 9.64. The molecule has 1 N–H and O–H groups in total. The van der Waals surface area contributed by atoms with E-state index in [1.165, 1.54) is 7.11 Å². The molecule has 0 aliphatic carbocycles. The molecule has 0 fully saturated rings. The van der Waals surface area contributed by atoms with Crippen LogP contribution in [0.15, 0.2) is 0 Å². The third kappa shape index (κ3) is 5.11. The van der Waals surface area contributed by atoms with Crippen molar-refractivity contribution in [1.29, 1.82) is 0 Å². The van der Waals surface area contributed by atoms with Crippen molar-refractivity contribution >= 4 is 24.5 Å². The van der Waals surface area contributed by atoms with Crippen LogP contribution in [0.25, 0.3) is 0 Å². The first kappa shape index (κ1) is 13.3. The van der Waals surface area contributed by atoms with E-state index in [4.69, 9.17) is 0 Å². The van der Waals surface area contributed by atoms with Crippen LogP contribution in [0.1, 0.15) is 20.3 Å². The van der Waals surface area contributed by atoms with E-state index in [-0.39, 0.29) is 17.6 Å². The molecule has 14 heavy (non-hydrogen) atoms. The number of hydrogen-bond acceptors (Lipinski definition) is 4. The van der Waals surface area contributed by atoms with Crippen molar-refractivity contribution in [3.8, 4) is 0 Å². The lowest BCUT2D eigenvalue weighted by Gasteiger charge is -2.14. The van der Waals surface area contributed by atoms with E-state index < -0.39 is 12.0 Å². The number of nitrogens with one attached hydrogen (secondary N) is 1. The SMILES string of the molecule is COC(=O)C(CS)NC(=O)CC(C)C. The highest BCUT2D eigenvalue weighted by Gasteiger charge is 2.19. The van der Waals surface area contributed by atoms with Crippen molar-refractivity contribution in [2.45, 2.75) is 26.3 Å². The maximum atomic E-state index is 11.3. The summed E-state index contributed by atoms with van der Waals surface area (Å²) in [6.45, 7) is 3.88. The highest BCUT2D eigenvalue weighted by Crippen LogP contribution is 2.00. The largest absolute Gasteiger partial charge is 0.467 e. The molecular formula is C9H17NO3S. The van der Waals surface area contributed by atoms with Gasteiger partial charge in [-0.05, 0) is 5.92 Å². The molecule has 0 saturated carbocycles. The number of rotatable bonds is 5. The van der Waals surface area contributed by atoms with E-state index >= 15 is 0 Å². The summed E-state index contributed by atoms with van der Waals surface area (Å²) in [7, 11) is 1.29. The number of carbonyl (C=O) groups is 2. The van der Waals surface area contributed by atoms with Gasteiger partial charge >= 0.3 is 5.97 Å². The molecule has 82 valence electrons. The van der Waals surface area contributed by atoms with Crippen molar-refractivity contribution in [3.63, 3.8) is 0 Å². The van der Waals surface area contributed by atoms with E-state index in [9.17, 15) is 9.59 Å². The molecule has 4 nitrogen and oxygen atoms in total. The Morgan fingerprint density at radius 1 is 1.43 bits per heavy atom. The second-order valence-electron chi connectivity index (χ2n) is 3.42. The maximum absolute atomic E-state index is 11.3. The summed E-state index contributed by atoms with van der Waals surface area (Å²) in [5.41, 5.74) is 0. The Morgan fingerprint density at radius 3 is 2.36 bits per heavy atom. The number of carbonyl (C=O) groups excluding carboxylic acids is 2. The molecule has 0 spiro atoms. The van der Waals surface area contributed by atoms with E-state index in [1.807, 2.05) is 13.8 Å². The fraction of sp³-hybridized carbons (Fsp3) is 0.778. The smallest absolute Gasteiger partial charge is 0.329 e. The number of methoxy groups -OCH3 is 1. The summed E-state index contributed by atoms with van der Waals surface area (Å²) >= 11 is 3.96. The van der Waals surface area contributed by atoms with Crippen molar-refractivity contribution in [2.24, 2.45) is 5.92 Å². The lowest BCUT2D eigenvalue weighted by molar-refractivity contribution is -0.144. The molecule has 0 aliphatic rings. The van der Waals surface area contributed by atoms with Gasteiger partial charge in [-0.2, -0.15) is 12.6 Å². The monoisotopic (exact) mass is 219 g/mol. The first-order valence-electron chi connectivity index (χ1n) is 4.49. The number of ether oxygens (including phenoxy) is 1. The van der Waals surface area contributed by atoms with Crippen LogP contribution in [0.2, 0.25) is 0 Å². The minimum atomic E-state index is -0.644. The fourth-order valence-corrected chi connectivity index (χ4v) is 1.19. The predicted molar refractivity (Wildman–Crippen MR) is 57.3 cm³/mol. The Morgan fingerprint density at radius 2 is 2.00 bits per heavy atom. The molecule has 0 aromatic carbocycles. The zero-order valence-electron chi connectivity index (χ0n) is 8.74. The van der Waals surface area contributed by atoms with Crippen LogP contribution in [0.3, 0.4) is 0 Å². The highest BCUT2D eigenvalue weighted by atomic mass is 32.1. The summed E-state index contributed by atoms with van der Waals surface area (Å²) < 4.78 is 4.51. The van der Waals surface area contributed by atoms with Crippen molar-refractivity contribution in [1.82, 2.24) is 5.32 Å². The van der Waals surface area contributed by atoms with E-state index in [2.05, 4.69) is 22.7 Å². The predicted octanol–water partition coefficient (Wildman–Crippen LogP) is 0.620. The fourth-order valence-electron chi connectivity index (χ4n) is 0.945. The van der Waals surface area contributed by atoms with Crippen LogP contribution in [0.4, 0.5) is 0 Å². The van der Waals surface area contributed by atoms with E-state index in [0.29, 0.717) is 6.42 Å². The molecule has 0 aliphatic heterocycles. The molecule has 0 aromatic heterocycles. The van der Waals surface area contributed by atoms with Crippen LogP contribution < -0.4 is 5.32 Å². The molecule has 5 heteroatoms. The van der Waals surface area contributed by atoms with Crippen molar-refractivity contribution in [2.75, 3.05) is 12.9 Å². The van der Waals surface area contributed by atoms with Crippen LogP contribution in [-0.4, -0.2) is 30.8 Å². The quantitative estimate of drug-likeness (QED) is 0.526. The van der Waals surface area contributed by atoms with Gasteiger partial charge in [-0.3, -0.25) is 4.79 Å². The molecule has 0 aromatic rings. The standard InChI is InChI=1S/C9H17NO3S/c1-6(2)4-8(11)10-7(5-14)9(12)13-3/h6-7,14H,4-5H2,1-3H3,(H,10,11). The summed E-state index contributed by atoms with van der Waals surface area (Å²) in [5.74, 6) is -0.0916. The molecule has 0 heterocycles. The van der Waals surface area contributed by atoms with Gasteiger partial charge in [0.15, 0.2) is 0 Å². The molecular weight excluding hydrogens is 202 g/mol. The van der Waals surface area contributed by atoms with Gasteiger partial charge in [-0.25, -0.2) is 4.79 Å². The first-order chi connectivity index (χ1) is 6.51. The van der Waals surface area contributed by atoms with Gasteiger partial charge in [0, 0.05) is 12.2 Å². The van der Waals surface area contributed by atoms with Crippen LogP contribution in [0, 0.1) is 5.92 Å². The van der Waals surface area contributed by atoms with Gasteiger partial charge in [0.05, 0.1) is 7.11 Å². The molecule has 0 bridgehead atoms. The first-order valence-corrected chi connectivity index (χ1v) is 5.12. The Balaban J connectivity index is 4.05. The minimum Gasteiger partial charge on any atom is -0.467 e. The van der Waals surface area contributed by atoms with Crippen molar-refractivity contribution < 1.29 is 14.3 Å². The highest BCUT2D eigenvalue weighted by molar-refractivity contribution is 7.80. The average Bonchev–Trinajstić information content (AvgIpc) is 2.11. The van der Waals surface area contributed by atoms with Gasteiger partial charge in [-0.15, -0.1) is 0 Å². The second kappa shape index (κ2) is 6.70. The number of amides is 1. The lowest BCUT2D eigenvalue weighted by Crippen LogP contribution is -2.43. The van der Waals surface area contributed by atoms with E-state index in [1.54, 1.807) is 0 Å². The summed E-state index contributed by atoms with van der Waals surface area (Å²) in [4.78, 5) is 22.4. The van der Waals surface area contributed by atoms with Crippen LogP contribution >= 0.6 is 12.6 Å². The van der Waals surface area contributed by atoms with Gasteiger partial charge in [0.25, 0.3) is 0 Å². The van der Waals surface area contributed by atoms with Gasteiger partial charge in [0.1, 0.15) is 6.04 Å². The number of hydrogen-bond donors (Lipinski definition) is 2. The van der Waals surface area contributed by atoms with E-state index in [0.717, 1.165) is 0 Å². The number of esters is 1. The Bertz CT molecular complexity index is 206. The maximum Gasteiger partial charge on any atom is 0.329 e. The average molecular weight is 219 g/mol. The molecule has 0 saturated heterocycles. The minimum absolute atomic E-state index is 0.149. The molecule has 0 rings (SSSR count). The topological polar surface area (TPSA) is 55.4 Å². The van der Waals surface area contributed by atoms with Crippen molar-refractivity contribution in [3.05, 3.63) is 0 Å². The summed E-state index contributed by atoms with van der Waals surface area (Å²) in [5, 5.41) is 2.56. The third-order valence-electron chi connectivity index (χ3n) is 1.60. The number of thiol groups is 1. The summed E-state index contributed by atoms with van der Waals surface area (Å²) in [6, 6.07) is -0.644. The van der Waals surface area contributed by atoms with Gasteiger partial charge in [0.2, 0.25) is 5.91 Å². The van der Waals surface area contributed by atoms with Gasteiger partial charge in [-0.1, -0.05) is 13.8 Å². The molecule has 1 atom stereocenters. The Hall–Kier alpha value is -0.710. The Labute approximate surface area is 89.8 Å². The normalized spacial score (nSPS) is 12.4. The lowest BCUT2D eigenvalue weighted by atomic mass is 10.1. The zero-order chi connectivity index (χ0) is 11.1. The second-order valence-corrected chi connectivity index (χ2v) is 3.79. The van der Waals surface area contributed by atoms with Gasteiger partial charge < -0.3 is 10.1 Å². The molecule has 1 amide bonds.